The number of nitrogens with two attached hydrogens (primary N) is 1. The van der Waals surface area contributed by atoms with E-state index in [1.54, 1.807) is 0 Å². The predicted octanol–water partition coefficient (Wildman–Crippen LogP) is 1.21. The highest BCUT2D eigenvalue weighted by Gasteiger charge is 2.27. The minimum Gasteiger partial charge on any atom is -0.395 e. The van der Waals surface area contributed by atoms with Crippen molar-refractivity contribution in [3.8, 4) is 0 Å². The number of rotatable bonds is 3. The summed E-state index contributed by atoms with van der Waals surface area (Å²) in [4.78, 5) is 2.36. The van der Waals surface area contributed by atoms with Crippen LogP contribution in [0.3, 0.4) is 0 Å². The fourth-order valence-electron chi connectivity index (χ4n) is 2.39. The molecule has 90 valence electrons. The van der Waals surface area contributed by atoms with E-state index in [0.717, 1.165) is 13.1 Å². The van der Waals surface area contributed by atoms with Gasteiger partial charge in [-0.25, -0.2) is 0 Å². The monoisotopic (exact) mass is 214 g/mol. The third-order valence-electron chi connectivity index (χ3n) is 3.64. The van der Waals surface area contributed by atoms with Crippen molar-refractivity contribution in [3.63, 3.8) is 0 Å². The van der Waals surface area contributed by atoms with Crippen LogP contribution in [0.25, 0.3) is 0 Å². The summed E-state index contributed by atoms with van der Waals surface area (Å²) in [5, 5.41) is 9.35. The lowest BCUT2D eigenvalue weighted by Gasteiger charge is -2.32. The Hall–Kier alpha value is -0.120. The molecule has 0 aromatic heterocycles. The number of hydrogen-bond donors (Lipinski definition) is 2. The molecule has 3 N–H and O–H groups in total. The van der Waals surface area contributed by atoms with Crippen molar-refractivity contribution < 1.29 is 5.11 Å². The van der Waals surface area contributed by atoms with Gasteiger partial charge in [0.25, 0.3) is 0 Å². The Bertz CT molecular complexity index is 192. The molecule has 2 atom stereocenters. The first kappa shape index (κ1) is 12.9. The van der Waals surface area contributed by atoms with Crippen LogP contribution in [0.15, 0.2) is 0 Å². The van der Waals surface area contributed by atoms with E-state index in [1.807, 2.05) is 6.92 Å². The van der Waals surface area contributed by atoms with Crippen LogP contribution in [0.4, 0.5) is 0 Å². The molecule has 1 heterocycles. The fraction of sp³-hybridized carbons (Fsp3) is 1.00. The van der Waals surface area contributed by atoms with Crippen LogP contribution < -0.4 is 5.73 Å². The average molecular weight is 214 g/mol. The molecular weight excluding hydrogens is 188 g/mol. The number of nitrogens with zero attached hydrogens (tertiary/aromatic N) is 1. The van der Waals surface area contributed by atoms with Gasteiger partial charge in [-0.05, 0) is 44.7 Å². The minimum atomic E-state index is 0.0520. The summed E-state index contributed by atoms with van der Waals surface area (Å²) in [6.45, 7) is 8.97. The van der Waals surface area contributed by atoms with E-state index in [0.29, 0.717) is 5.41 Å². The highest BCUT2D eigenvalue weighted by molar-refractivity contribution is 4.83. The molecule has 15 heavy (non-hydrogen) atoms. The molecule has 3 heteroatoms. The smallest absolute Gasteiger partial charge is 0.0601 e. The Morgan fingerprint density at radius 2 is 2.00 bits per heavy atom. The van der Waals surface area contributed by atoms with E-state index < -0.39 is 0 Å². The topological polar surface area (TPSA) is 49.5 Å². The van der Waals surface area contributed by atoms with Crippen LogP contribution in [-0.4, -0.2) is 41.8 Å². The summed E-state index contributed by atoms with van der Waals surface area (Å²) in [6, 6.07) is 0.190. The van der Waals surface area contributed by atoms with Gasteiger partial charge in [0.1, 0.15) is 0 Å². The zero-order chi connectivity index (χ0) is 11.5. The molecule has 1 fully saturated rings. The third-order valence-corrected chi connectivity index (χ3v) is 3.64. The van der Waals surface area contributed by atoms with Gasteiger partial charge in [0.2, 0.25) is 0 Å². The average Bonchev–Trinajstić information content (AvgIpc) is 2.28. The highest BCUT2D eigenvalue weighted by Crippen LogP contribution is 2.30. The van der Waals surface area contributed by atoms with Crippen molar-refractivity contribution in [3.05, 3.63) is 0 Å². The SMILES string of the molecule is CC(N)C(CO)N1CCCC(C)(C)CC1. The summed E-state index contributed by atoms with van der Waals surface area (Å²) >= 11 is 0. The van der Waals surface area contributed by atoms with Crippen molar-refractivity contribution in [2.75, 3.05) is 19.7 Å². The number of aliphatic hydroxyl groups is 1. The van der Waals surface area contributed by atoms with Gasteiger partial charge in [0.05, 0.1) is 6.61 Å². The number of aliphatic hydroxyl groups excluding tert-OH is 1. The molecule has 0 radical (unpaired) electrons. The molecule has 1 rings (SSSR count). The normalized spacial score (nSPS) is 27.0. The van der Waals surface area contributed by atoms with Crippen LogP contribution >= 0.6 is 0 Å². The second-order valence-corrected chi connectivity index (χ2v) is 5.66. The second kappa shape index (κ2) is 5.28. The van der Waals surface area contributed by atoms with Gasteiger partial charge in [0.15, 0.2) is 0 Å². The maximum Gasteiger partial charge on any atom is 0.0601 e. The van der Waals surface area contributed by atoms with Gasteiger partial charge in [0, 0.05) is 12.1 Å². The highest BCUT2D eigenvalue weighted by atomic mass is 16.3. The van der Waals surface area contributed by atoms with Gasteiger partial charge in [-0.15, -0.1) is 0 Å². The van der Waals surface area contributed by atoms with Crippen molar-refractivity contribution in [1.29, 1.82) is 0 Å². The summed E-state index contributed by atoms with van der Waals surface area (Å²) in [6.07, 6.45) is 3.70. The van der Waals surface area contributed by atoms with Gasteiger partial charge in [-0.3, -0.25) is 4.90 Å². The Labute approximate surface area is 93.6 Å². The summed E-state index contributed by atoms with van der Waals surface area (Å²) in [5.74, 6) is 0. The van der Waals surface area contributed by atoms with Crippen molar-refractivity contribution in [2.24, 2.45) is 11.1 Å². The molecule has 0 spiro atoms. The molecule has 0 aliphatic carbocycles. The van der Waals surface area contributed by atoms with Crippen LogP contribution in [0.1, 0.15) is 40.0 Å². The van der Waals surface area contributed by atoms with E-state index in [2.05, 4.69) is 18.7 Å². The van der Waals surface area contributed by atoms with Gasteiger partial charge >= 0.3 is 0 Å². The van der Waals surface area contributed by atoms with Crippen molar-refractivity contribution in [2.45, 2.75) is 52.1 Å². The molecule has 0 aromatic carbocycles. The van der Waals surface area contributed by atoms with Crippen molar-refractivity contribution in [1.82, 2.24) is 4.90 Å². The molecule has 0 saturated carbocycles. The lowest BCUT2D eigenvalue weighted by atomic mass is 9.85. The van der Waals surface area contributed by atoms with E-state index in [4.69, 9.17) is 5.73 Å². The summed E-state index contributed by atoms with van der Waals surface area (Å²) < 4.78 is 0. The summed E-state index contributed by atoms with van der Waals surface area (Å²) in [5.41, 5.74) is 6.35. The quantitative estimate of drug-likeness (QED) is 0.742. The molecule has 2 unspecified atom stereocenters. The van der Waals surface area contributed by atoms with E-state index >= 15 is 0 Å². The summed E-state index contributed by atoms with van der Waals surface area (Å²) in [7, 11) is 0. The number of likely N-dealkylation sites (tertiary alicyclic amines) is 1. The number of hydrogen-bond acceptors (Lipinski definition) is 3. The molecule has 0 bridgehead atoms. The Kier molecular flexibility index (Phi) is 4.56. The van der Waals surface area contributed by atoms with Crippen LogP contribution in [-0.2, 0) is 0 Å². The Balaban J connectivity index is 2.56. The maximum atomic E-state index is 9.35. The van der Waals surface area contributed by atoms with Gasteiger partial charge in [-0.1, -0.05) is 13.8 Å². The fourth-order valence-corrected chi connectivity index (χ4v) is 2.39. The molecule has 1 aliphatic heterocycles. The minimum absolute atomic E-state index is 0.0520. The second-order valence-electron chi connectivity index (χ2n) is 5.66. The largest absolute Gasteiger partial charge is 0.395 e. The first-order valence-electron chi connectivity index (χ1n) is 6.07. The molecule has 1 aliphatic rings. The lowest BCUT2D eigenvalue weighted by molar-refractivity contribution is 0.108. The maximum absolute atomic E-state index is 9.35. The predicted molar refractivity (Wildman–Crippen MR) is 63.7 cm³/mol. The van der Waals surface area contributed by atoms with E-state index in [-0.39, 0.29) is 18.7 Å². The first-order valence-corrected chi connectivity index (χ1v) is 6.07. The van der Waals surface area contributed by atoms with Crippen LogP contribution in [0.5, 0.6) is 0 Å². The van der Waals surface area contributed by atoms with Gasteiger partial charge < -0.3 is 10.8 Å². The molecule has 3 nitrogen and oxygen atoms in total. The Morgan fingerprint density at radius 1 is 1.33 bits per heavy atom. The van der Waals surface area contributed by atoms with E-state index in [1.165, 1.54) is 19.3 Å². The molecular formula is C12H26N2O. The molecule has 1 saturated heterocycles. The van der Waals surface area contributed by atoms with Gasteiger partial charge in [-0.2, -0.15) is 0 Å². The third kappa shape index (κ3) is 3.74. The first-order chi connectivity index (χ1) is 6.96. The molecule has 0 aromatic rings. The van der Waals surface area contributed by atoms with Crippen LogP contribution in [0.2, 0.25) is 0 Å². The van der Waals surface area contributed by atoms with E-state index in [9.17, 15) is 5.11 Å². The van der Waals surface area contributed by atoms with Crippen LogP contribution in [0, 0.1) is 5.41 Å². The standard InChI is InChI=1S/C12H26N2O/c1-10(13)11(9-15)14-7-4-5-12(2,3)6-8-14/h10-11,15H,4-9,13H2,1-3H3. The van der Waals surface area contributed by atoms with Crippen molar-refractivity contribution >= 4 is 0 Å². The zero-order valence-corrected chi connectivity index (χ0v) is 10.4. The zero-order valence-electron chi connectivity index (χ0n) is 10.4. The molecule has 0 amide bonds. The lowest BCUT2D eigenvalue weighted by Crippen LogP contribution is -2.49. The Morgan fingerprint density at radius 3 is 2.53 bits per heavy atom.